The molecule has 9 rings (SSSR count). The molecular weight excluding hydrogens is 531 g/mol. The molecule has 200 valence electrons. The second-order valence-corrected chi connectivity index (χ2v) is 12.7. The van der Waals surface area contributed by atoms with Crippen LogP contribution in [0.1, 0.15) is 30.9 Å². The van der Waals surface area contributed by atoms with E-state index in [4.69, 9.17) is 9.97 Å². The standard InChI is InChI=1S/C38H27N3S/c1-21(2)30-19-25(17-23-9-4-5-10-26(23)30)35-38-34(39-20-40-35)22(3)37(42-38)24-15-16-33-31(18-24)29-13-8-12-28-27-11-6-7-14-32(27)41(33)36(28)29/h4-21H,1-3H3. The maximum Gasteiger partial charge on any atom is 0.116 e. The minimum Gasteiger partial charge on any atom is -0.308 e. The zero-order valence-electron chi connectivity index (χ0n) is 23.6. The highest BCUT2D eigenvalue weighted by Crippen LogP contribution is 2.45. The van der Waals surface area contributed by atoms with E-state index in [-0.39, 0.29) is 0 Å². The lowest BCUT2D eigenvalue weighted by Crippen LogP contribution is -1.93. The first-order valence-electron chi connectivity index (χ1n) is 14.5. The monoisotopic (exact) mass is 557 g/mol. The Morgan fingerprint density at radius 3 is 2.26 bits per heavy atom. The van der Waals surface area contributed by atoms with E-state index in [0.29, 0.717) is 5.92 Å². The van der Waals surface area contributed by atoms with E-state index in [9.17, 15) is 0 Å². The van der Waals surface area contributed by atoms with Gasteiger partial charge in [0.15, 0.2) is 0 Å². The van der Waals surface area contributed by atoms with Crippen LogP contribution in [0, 0.1) is 6.92 Å². The van der Waals surface area contributed by atoms with Gasteiger partial charge in [0, 0.05) is 32.0 Å². The largest absolute Gasteiger partial charge is 0.308 e. The van der Waals surface area contributed by atoms with Gasteiger partial charge >= 0.3 is 0 Å². The highest BCUT2D eigenvalue weighted by molar-refractivity contribution is 7.23. The molecule has 0 radical (unpaired) electrons. The van der Waals surface area contributed by atoms with Crippen LogP contribution in [0.15, 0.2) is 103 Å². The SMILES string of the molecule is Cc1c(-c2ccc3c(c2)c2cccc4c5ccccc5n3c42)sc2c(-c3cc(C(C)C)c4ccccc4c3)ncnc12. The number of thiophene rings is 1. The Labute approximate surface area is 247 Å². The van der Waals surface area contributed by atoms with E-state index >= 15 is 0 Å². The molecule has 0 aliphatic heterocycles. The van der Waals surface area contributed by atoms with Crippen LogP contribution in [-0.4, -0.2) is 14.4 Å². The summed E-state index contributed by atoms with van der Waals surface area (Å²) in [7, 11) is 0. The highest BCUT2D eigenvalue weighted by Gasteiger charge is 2.21. The van der Waals surface area contributed by atoms with Crippen LogP contribution in [-0.2, 0) is 0 Å². The van der Waals surface area contributed by atoms with Crippen LogP contribution < -0.4 is 0 Å². The second-order valence-electron chi connectivity index (χ2n) is 11.7. The van der Waals surface area contributed by atoms with E-state index in [0.717, 1.165) is 21.5 Å². The molecule has 0 unspecified atom stereocenters. The first-order valence-corrected chi connectivity index (χ1v) is 15.3. The quantitative estimate of drug-likeness (QED) is 0.216. The average Bonchev–Trinajstić information content (AvgIpc) is 3.67. The predicted molar refractivity (Wildman–Crippen MR) is 179 cm³/mol. The van der Waals surface area contributed by atoms with Crippen molar-refractivity contribution >= 4 is 70.4 Å². The molecule has 5 aromatic carbocycles. The van der Waals surface area contributed by atoms with Crippen molar-refractivity contribution in [1.29, 1.82) is 0 Å². The van der Waals surface area contributed by atoms with E-state index in [1.54, 1.807) is 6.33 Å². The summed E-state index contributed by atoms with van der Waals surface area (Å²) in [5, 5.41) is 7.79. The van der Waals surface area contributed by atoms with Crippen molar-refractivity contribution in [3.8, 4) is 21.7 Å². The Kier molecular flexibility index (Phi) is 4.89. The van der Waals surface area contributed by atoms with E-state index in [1.807, 2.05) is 11.3 Å². The highest BCUT2D eigenvalue weighted by atomic mass is 32.1. The first-order chi connectivity index (χ1) is 20.6. The maximum atomic E-state index is 4.86. The molecular formula is C38H27N3S. The zero-order valence-corrected chi connectivity index (χ0v) is 24.5. The van der Waals surface area contributed by atoms with Gasteiger partial charge in [0.1, 0.15) is 6.33 Å². The number of para-hydroxylation sites is 2. The molecule has 0 bridgehead atoms. The van der Waals surface area contributed by atoms with Crippen LogP contribution in [0.25, 0.3) is 80.8 Å². The Balaban J connectivity index is 1.27. The molecule has 0 saturated carbocycles. The Morgan fingerprint density at radius 1 is 0.667 bits per heavy atom. The molecule has 3 nitrogen and oxygen atoms in total. The van der Waals surface area contributed by atoms with Gasteiger partial charge in [-0.05, 0) is 70.6 Å². The molecule has 4 heteroatoms. The topological polar surface area (TPSA) is 30.2 Å². The number of benzene rings is 5. The molecule has 42 heavy (non-hydrogen) atoms. The smallest absolute Gasteiger partial charge is 0.116 e. The summed E-state index contributed by atoms with van der Waals surface area (Å²) < 4.78 is 3.59. The molecule has 0 saturated heterocycles. The summed E-state index contributed by atoms with van der Waals surface area (Å²) >= 11 is 1.81. The van der Waals surface area contributed by atoms with Crippen molar-refractivity contribution in [2.24, 2.45) is 0 Å². The van der Waals surface area contributed by atoms with Gasteiger partial charge in [-0.3, -0.25) is 0 Å². The Hall–Kier alpha value is -4.80. The average molecular weight is 558 g/mol. The van der Waals surface area contributed by atoms with Gasteiger partial charge in [0.2, 0.25) is 0 Å². The van der Waals surface area contributed by atoms with Crippen molar-refractivity contribution in [3.05, 3.63) is 115 Å². The molecule has 9 aromatic rings. The number of hydrogen-bond donors (Lipinski definition) is 0. The van der Waals surface area contributed by atoms with Gasteiger partial charge in [0.25, 0.3) is 0 Å². The van der Waals surface area contributed by atoms with Gasteiger partial charge in [-0.1, -0.05) is 80.6 Å². The summed E-state index contributed by atoms with van der Waals surface area (Å²) in [6, 6.07) is 35.7. The molecule has 4 aromatic heterocycles. The Morgan fingerprint density at radius 2 is 1.40 bits per heavy atom. The van der Waals surface area contributed by atoms with Crippen molar-refractivity contribution in [3.63, 3.8) is 0 Å². The third kappa shape index (κ3) is 3.16. The Bertz CT molecular complexity index is 2510. The number of fused-ring (bicyclic) bond motifs is 8. The predicted octanol–water partition coefficient (Wildman–Crippen LogP) is 10.8. The second kappa shape index (κ2) is 8.60. The van der Waals surface area contributed by atoms with Crippen LogP contribution in [0.4, 0.5) is 0 Å². The lowest BCUT2D eigenvalue weighted by molar-refractivity contribution is 0.876. The molecule has 0 aliphatic carbocycles. The summed E-state index contributed by atoms with van der Waals surface area (Å²) in [4.78, 5) is 10.9. The van der Waals surface area contributed by atoms with Gasteiger partial charge in [0.05, 0.1) is 32.5 Å². The lowest BCUT2D eigenvalue weighted by Gasteiger charge is -2.13. The van der Waals surface area contributed by atoms with Crippen molar-refractivity contribution in [2.75, 3.05) is 0 Å². The third-order valence-electron chi connectivity index (χ3n) is 8.98. The molecule has 0 aliphatic rings. The molecule has 4 heterocycles. The van der Waals surface area contributed by atoms with Gasteiger partial charge in [-0.25, -0.2) is 9.97 Å². The van der Waals surface area contributed by atoms with Crippen LogP contribution in [0.3, 0.4) is 0 Å². The summed E-state index contributed by atoms with van der Waals surface area (Å²) in [6.07, 6.45) is 1.73. The number of nitrogens with zero attached hydrogens (tertiary/aromatic N) is 3. The number of hydrogen-bond acceptors (Lipinski definition) is 3. The van der Waals surface area contributed by atoms with E-state index in [2.05, 4.69) is 122 Å². The molecule has 0 fully saturated rings. The lowest BCUT2D eigenvalue weighted by atomic mass is 9.92. The summed E-state index contributed by atoms with van der Waals surface area (Å²) in [5.74, 6) is 0.418. The molecule has 0 atom stereocenters. The van der Waals surface area contributed by atoms with Crippen molar-refractivity contribution in [1.82, 2.24) is 14.4 Å². The van der Waals surface area contributed by atoms with Crippen LogP contribution in [0.2, 0.25) is 0 Å². The zero-order chi connectivity index (χ0) is 28.1. The van der Waals surface area contributed by atoms with Crippen molar-refractivity contribution < 1.29 is 0 Å². The molecule has 0 N–H and O–H groups in total. The minimum absolute atomic E-state index is 0.418. The number of aromatic nitrogens is 3. The van der Waals surface area contributed by atoms with Crippen LogP contribution in [0.5, 0.6) is 0 Å². The van der Waals surface area contributed by atoms with Gasteiger partial charge in [-0.2, -0.15) is 0 Å². The van der Waals surface area contributed by atoms with Crippen molar-refractivity contribution in [2.45, 2.75) is 26.7 Å². The normalized spacial score (nSPS) is 12.4. The van der Waals surface area contributed by atoms with E-state index < -0.39 is 0 Å². The van der Waals surface area contributed by atoms with Crippen LogP contribution >= 0.6 is 11.3 Å². The number of aryl methyl sites for hydroxylation is 1. The van der Waals surface area contributed by atoms with E-state index in [1.165, 1.54) is 70.4 Å². The fourth-order valence-electron chi connectivity index (χ4n) is 7.03. The third-order valence-corrected chi connectivity index (χ3v) is 10.3. The molecule has 0 amide bonds. The fourth-order valence-corrected chi connectivity index (χ4v) is 8.30. The minimum atomic E-state index is 0.418. The summed E-state index contributed by atoms with van der Waals surface area (Å²) in [5.41, 5.74) is 10.8. The number of rotatable bonds is 3. The molecule has 0 spiro atoms. The summed E-state index contributed by atoms with van der Waals surface area (Å²) in [6.45, 7) is 6.74. The fraction of sp³-hybridized carbons (Fsp3) is 0.105. The first kappa shape index (κ1) is 23.9. The van der Waals surface area contributed by atoms with Gasteiger partial charge in [-0.15, -0.1) is 11.3 Å². The maximum absolute atomic E-state index is 4.86. The van der Waals surface area contributed by atoms with Gasteiger partial charge < -0.3 is 4.40 Å².